The fourth-order valence-corrected chi connectivity index (χ4v) is 2.22. The summed E-state index contributed by atoms with van der Waals surface area (Å²) in [5, 5.41) is 21.1. The van der Waals surface area contributed by atoms with Crippen LogP contribution in [-0.2, 0) is 0 Å². The van der Waals surface area contributed by atoms with Crippen LogP contribution in [0.4, 0.5) is 5.69 Å². The van der Waals surface area contributed by atoms with E-state index in [9.17, 15) is 20.0 Å². The zero-order chi connectivity index (χ0) is 15.4. The molecule has 21 heavy (non-hydrogen) atoms. The highest BCUT2D eigenvalue weighted by Crippen LogP contribution is 2.28. The standard InChI is InChI=1S/C16H15NO4/c1-11-6-2-3-7-12(11)15(18)10-16(19)13-8-4-5-9-14(13)17(20)21/h2-9,16,19H,10H2,1H3. The Morgan fingerprint density at radius 3 is 2.48 bits per heavy atom. The molecular weight excluding hydrogens is 270 g/mol. The van der Waals surface area contributed by atoms with Crippen LogP contribution in [0.1, 0.15) is 34.0 Å². The van der Waals surface area contributed by atoms with Gasteiger partial charge in [-0.2, -0.15) is 0 Å². The number of ketones is 1. The number of aliphatic hydroxyl groups excluding tert-OH is 1. The lowest BCUT2D eigenvalue weighted by Crippen LogP contribution is -2.10. The van der Waals surface area contributed by atoms with E-state index < -0.39 is 11.0 Å². The molecule has 0 aliphatic heterocycles. The third-order valence-corrected chi connectivity index (χ3v) is 3.32. The van der Waals surface area contributed by atoms with Crippen molar-refractivity contribution in [1.82, 2.24) is 0 Å². The predicted molar refractivity (Wildman–Crippen MR) is 78.2 cm³/mol. The number of benzene rings is 2. The van der Waals surface area contributed by atoms with Gasteiger partial charge in [-0.3, -0.25) is 14.9 Å². The SMILES string of the molecule is Cc1ccccc1C(=O)CC(O)c1ccccc1[N+](=O)[O-]. The Morgan fingerprint density at radius 2 is 1.81 bits per heavy atom. The zero-order valence-corrected chi connectivity index (χ0v) is 11.5. The van der Waals surface area contributed by atoms with Crippen molar-refractivity contribution in [1.29, 1.82) is 0 Å². The van der Waals surface area contributed by atoms with E-state index in [4.69, 9.17) is 0 Å². The molecule has 0 aliphatic rings. The summed E-state index contributed by atoms with van der Waals surface area (Å²) in [6, 6.07) is 13.0. The smallest absolute Gasteiger partial charge is 0.275 e. The van der Waals surface area contributed by atoms with Crippen molar-refractivity contribution in [2.75, 3.05) is 0 Å². The van der Waals surface area contributed by atoms with E-state index in [1.165, 1.54) is 18.2 Å². The highest BCUT2D eigenvalue weighted by atomic mass is 16.6. The Labute approximate surface area is 122 Å². The van der Waals surface area contributed by atoms with Crippen molar-refractivity contribution in [3.8, 4) is 0 Å². The molecule has 108 valence electrons. The van der Waals surface area contributed by atoms with Crippen molar-refractivity contribution >= 4 is 11.5 Å². The molecule has 1 unspecified atom stereocenters. The molecule has 0 radical (unpaired) electrons. The molecule has 2 aromatic rings. The quantitative estimate of drug-likeness (QED) is 0.519. The predicted octanol–water partition coefficient (Wildman–Crippen LogP) is 3.21. The molecule has 1 N–H and O–H groups in total. The van der Waals surface area contributed by atoms with Crippen LogP contribution in [0, 0.1) is 17.0 Å². The van der Waals surface area contributed by atoms with Crippen molar-refractivity contribution < 1.29 is 14.8 Å². The van der Waals surface area contributed by atoms with Crippen molar-refractivity contribution in [2.45, 2.75) is 19.4 Å². The second-order valence-electron chi connectivity index (χ2n) is 4.77. The Balaban J connectivity index is 2.23. The van der Waals surface area contributed by atoms with Crippen LogP contribution in [0.3, 0.4) is 0 Å². The van der Waals surface area contributed by atoms with Gasteiger partial charge in [0, 0.05) is 18.1 Å². The van der Waals surface area contributed by atoms with E-state index in [1.807, 2.05) is 19.1 Å². The summed E-state index contributed by atoms with van der Waals surface area (Å²) in [6.07, 6.45) is -1.38. The van der Waals surface area contributed by atoms with E-state index in [2.05, 4.69) is 0 Å². The number of para-hydroxylation sites is 1. The number of rotatable bonds is 5. The molecule has 0 amide bonds. The maximum absolute atomic E-state index is 12.2. The van der Waals surface area contributed by atoms with Gasteiger partial charge in [-0.15, -0.1) is 0 Å². The first-order valence-electron chi connectivity index (χ1n) is 6.51. The van der Waals surface area contributed by atoms with E-state index in [0.29, 0.717) is 5.56 Å². The Kier molecular flexibility index (Phi) is 4.45. The first-order chi connectivity index (χ1) is 10.0. The van der Waals surface area contributed by atoms with Crippen LogP contribution in [-0.4, -0.2) is 15.8 Å². The molecule has 5 heteroatoms. The number of carbonyl (C=O) groups excluding carboxylic acids is 1. The summed E-state index contributed by atoms with van der Waals surface area (Å²) in [7, 11) is 0. The number of aryl methyl sites for hydroxylation is 1. The molecule has 0 saturated carbocycles. The zero-order valence-electron chi connectivity index (χ0n) is 11.5. The third-order valence-electron chi connectivity index (χ3n) is 3.32. The summed E-state index contributed by atoms with van der Waals surface area (Å²) in [5.41, 5.74) is 1.32. The maximum Gasteiger partial charge on any atom is 0.275 e. The molecule has 1 atom stereocenters. The normalized spacial score (nSPS) is 11.9. The average molecular weight is 285 g/mol. The van der Waals surface area contributed by atoms with Crippen molar-refractivity contribution in [2.24, 2.45) is 0 Å². The highest BCUT2D eigenvalue weighted by Gasteiger charge is 2.22. The van der Waals surface area contributed by atoms with Crippen LogP contribution in [0.15, 0.2) is 48.5 Å². The molecular formula is C16H15NO4. The molecule has 2 rings (SSSR count). The van der Waals surface area contributed by atoms with E-state index in [0.717, 1.165) is 5.56 Å². The molecule has 0 heterocycles. The Hall–Kier alpha value is -2.53. The molecule has 0 fully saturated rings. The van der Waals surface area contributed by atoms with Crippen LogP contribution in [0.2, 0.25) is 0 Å². The average Bonchev–Trinajstić information content (AvgIpc) is 2.47. The van der Waals surface area contributed by atoms with Gasteiger partial charge >= 0.3 is 0 Å². The third kappa shape index (κ3) is 3.32. The minimum atomic E-state index is -1.20. The topological polar surface area (TPSA) is 80.4 Å². The highest BCUT2D eigenvalue weighted by molar-refractivity contribution is 5.97. The molecule has 0 aromatic heterocycles. The first kappa shape index (κ1) is 14.9. The summed E-state index contributed by atoms with van der Waals surface area (Å²) in [5.74, 6) is -0.237. The van der Waals surface area contributed by atoms with Crippen LogP contribution in [0.5, 0.6) is 0 Å². The van der Waals surface area contributed by atoms with Crippen molar-refractivity contribution in [3.63, 3.8) is 0 Å². The van der Waals surface area contributed by atoms with Gasteiger partial charge in [0.25, 0.3) is 5.69 Å². The monoisotopic (exact) mass is 285 g/mol. The molecule has 0 saturated heterocycles. The Morgan fingerprint density at radius 1 is 1.19 bits per heavy atom. The van der Waals surface area contributed by atoms with Gasteiger partial charge in [0.2, 0.25) is 0 Å². The van der Waals surface area contributed by atoms with E-state index in [-0.39, 0.29) is 23.5 Å². The number of nitro groups is 1. The number of carbonyl (C=O) groups is 1. The van der Waals surface area contributed by atoms with Gasteiger partial charge in [-0.05, 0) is 18.6 Å². The number of hydrogen-bond acceptors (Lipinski definition) is 4. The van der Waals surface area contributed by atoms with Gasteiger partial charge in [0.1, 0.15) is 0 Å². The fourth-order valence-electron chi connectivity index (χ4n) is 2.22. The summed E-state index contributed by atoms with van der Waals surface area (Å²) >= 11 is 0. The largest absolute Gasteiger partial charge is 0.388 e. The lowest BCUT2D eigenvalue weighted by molar-refractivity contribution is -0.386. The molecule has 0 aliphatic carbocycles. The number of aliphatic hydroxyl groups is 1. The number of Topliss-reactive ketones (excluding diaryl/α,β-unsaturated/α-hetero) is 1. The minimum absolute atomic E-state index is 0.157. The second kappa shape index (κ2) is 6.28. The van der Waals surface area contributed by atoms with Gasteiger partial charge in [0.05, 0.1) is 16.6 Å². The van der Waals surface area contributed by atoms with Gasteiger partial charge < -0.3 is 5.11 Å². The second-order valence-corrected chi connectivity index (χ2v) is 4.77. The van der Waals surface area contributed by atoms with Crippen molar-refractivity contribution in [3.05, 3.63) is 75.3 Å². The van der Waals surface area contributed by atoms with Gasteiger partial charge in [0.15, 0.2) is 5.78 Å². The summed E-state index contributed by atoms with van der Waals surface area (Å²) in [4.78, 5) is 22.6. The minimum Gasteiger partial charge on any atom is -0.388 e. The van der Waals surface area contributed by atoms with E-state index >= 15 is 0 Å². The van der Waals surface area contributed by atoms with Gasteiger partial charge in [-0.1, -0.05) is 36.4 Å². The lowest BCUT2D eigenvalue weighted by Gasteiger charge is -2.11. The molecule has 0 bridgehead atoms. The number of nitrogens with zero attached hydrogens (tertiary/aromatic N) is 1. The summed E-state index contributed by atoms with van der Waals surface area (Å²) < 4.78 is 0. The van der Waals surface area contributed by atoms with Gasteiger partial charge in [-0.25, -0.2) is 0 Å². The number of hydrogen-bond donors (Lipinski definition) is 1. The maximum atomic E-state index is 12.2. The lowest BCUT2D eigenvalue weighted by atomic mass is 9.97. The summed E-state index contributed by atoms with van der Waals surface area (Å²) in [6.45, 7) is 1.81. The first-order valence-corrected chi connectivity index (χ1v) is 6.51. The van der Waals surface area contributed by atoms with Crippen LogP contribution >= 0.6 is 0 Å². The molecule has 5 nitrogen and oxygen atoms in total. The fraction of sp³-hybridized carbons (Fsp3) is 0.188. The molecule has 2 aromatic carbocycles. The van der Waals surface area contributed by atoms with Crippen LogP contribution < -0.4 is 0 Å². The van der Waals surface area contributed by atoms with E-state index in [1.54, 1.807) is 18.2 Å². The van der Waals surface area contributed by atoms with Crippen LogP contribution in [0.25, 0.3) is 0 Å². The Bertz CT molecular complexity index is 681. The molecule has 0 spiro atoms. The number of nitro benzene ring substituents is 1.